The second kappa shape index (κ2) is 7.82. The molecule has 2 aliphatic rings. The Kier molecular flexibility index (Phi) is 6.07. The number of sulfone groups is 1. The summed E-state index contributed by atoms with van der Waals surface area (Å²) in [6.45, 7) is 5.55. The molecule has 0 spiro atoms. The van der Waals surface area contributed by atoms with Crippen LogP contribution in [0.3, 0.4) is 0 Å². The number of anilines is 1. The fourth-order valence-electron chi connectivity index (χ4n) is 4.30. The summed E-state index contributed by atoms with van der Waals surface area (Å²) in [4.78, 5) is 0.127. The summed E-state index contributed by atoms with van der Waals surface area (Å²) >= 11 is 0. The van der Waals surface area contributed by atoms with E-state index < -0.39 is 35.9 Å². The predicted octanol–water partition coefficient (Wildman–Crippen LogP) is 1.43. The summed E-state index contributed by atoms with van der Waals surface area (Å²) in [6.07, 6.45) is 1.67. The average molecular weight is 465 g/mol. The zero-order valence-electron chi connectivity index (χ0n) is 17.0. The van der Waals surface area contributed by atoms with E-state index in [2.05, 4.69) is 0 Å². The topological polar surface area (TPSA) is 109 Å². The van der Waals surface area contributed by atoms with Gasteiger partial charge in [0.05, 0.1) is 27.8 Å². The summed E-state index contributed by atoms with van der Waals surface area (Å²) in [5.41, 5.74) is 1.39. The van der Waals surface area contributed by atoms with Gasteiger partial charge in [0.2, 0.25) is 20.0 Å². The SMILES string of the molecule is CCN([C@@H]1CCS(=O)(=O)C1)S(=O)(=O)c1c(C)cc(N2CCCCS2(=O)=O)cc1C. The molecule has 1 aromatic carbocycles. The van der Waals surface area contributed by atoms with E-state index >= 15 is 0 Å². The fraction of sp³-hybridized carbons (Fsp3) is 0.667. The maximum atomic E-state index is 13.4. The van der Waals surface area contributed by atoms with E-state index in [-0.39, 0.29) is 35.1 Å². The molecule has 2 aliphatic heterocycles. The number of sulfonamides is 2. The Morgan fingerprint density at radius 2 is 1.69 bits per heavy atom. The van der Waals surface area contributed by atoms with Crippen molar-refractivity contribution in [3.8, 4) is 0 Å². The molecule has 1 aromatic rings. The van der Waals surface area contributed by atoms with Crippen LogP contribution in [0.5, 0.6) is 0 Å². The highest BCUT2D eigenvalue weighted by atomic mass is 32.2. The van der Waals surface area contributed by atoms with Crippen LogP contribution in [0.4, 0.5) is 5.69 Å². The molecule has 0 N–H and O–H groups in total. The molecule has 1 atom stereocenters. The first-order chi connectivity index (χ1) is 13.4. The molecule has 0 aliphatic carbocycles. The molecule has 2 heterocycles. The smallest absolute Gasteiger partial charge is 0.243 e. The van der Waals surface area contributed by atoms with Gasteiger partial charge in [0.25, 0.3) is 0 Å². The van der Waals surface area contributed by atoms with Crippen molar-refractivity contribution in [1.29, 1.82) is 0 Å². The molecule has 8 nitrogen and oxygen atoms in total. The molecule has 0 saturated carbocycles. The van der Waals surface area contributed by atoms with Crippen molar-refractivity contribution < 1.29 is 25.3 Å². The third-order valence-corrected chi connectivity index (χ3v) is 11.5. The molecule has 0 unspecified atom stereocenters. The lowest BCUT2D eigenvalue weighted by molar-refractivity contribution is 0.354. The van der Waals surface area contributed by atoms with Crippen LogP contribution in [-0.2, 0) is 29.9 Å². The van der Waals surface area contributed by atoms with E-state index in [0.29, 0.717) is 29.8 Å². The van der Waals surface area contributed by atoms with Crippen LogP contribution in [0.1, 0.15) is 37.3 Å². The maximum Gasteiger partial charge on any atom is 0.243 e. The standard InChI is InChI=1S/C18H28N2O6S3/c1-4-19(16-7-10-27(21,22)13-16)29(25,26)18-14(2)11-17(12-15(18)3)20-8-5-6-9-28(20,23)24/h11-12,16H,4-10,13H2,1-3H3/t16-/m1/s1. The van der Waals surface area contributed by atoms with E-state index in [4.69, 9.17) is 0 Å². The highest BCUT2D eigenvalue weighted by molar-refractivity contribution is 7.93. The lowest BCUT2D eigenvalue weighted by Crippen LogP contribution is -2.41. The summed E-state index contributed by atoms with van der Waals surface area (Å²) < 4.78 is 78.0. The Morgan fingerprint density at radius 3 is 2.17 bits per heavy atom. The van der Waals surface area contributed by atoms with E-state index in [1.54, 1.807) is 32.9 Å². The molecule has 29 heavy (non-hydrogen) atoms. The third-order valence-electron chi connectivity index (χ3n) is 5.58. The van der Waals surface area contributed by atoms with Crippen molar-refractivity contribution in [3.63, 3.8) is 0 Å². The van der Waals surface area contributed by atoms with Gasteiger partial charge in [0, 0.05) is 19.1 Å². The molecule has 11 heteroatoms. The van der Waals surface area contributed by atoms with Crippen LogP contribution in [0.25, 0.3) is 0 Å². The van der Waals surface area contributed by atoms with Gasteiger partial charge in [-0.3, -0.25) is 4.31 Å². The first-order valence-corrected chi connectivity index (χ1v) is 14.6. The second-order valence-electron chi connectivity index (χ2n) is 7.77. The first kappa shape index (κ1) is 22.5. The monoisotopic (exact) mass is 464 g/mol. The van der Waals surface area contributed by atoms with E-state index in [1.807, 2.05) is 0 Å². The van der Waals surface area contributed by atoms with Crippen LogP contribution >= 0.6 is 0 Å². The van der Waals surface area contributed by atoms with Crippen LogP contribution in [0, 0.1) is 13.8 Å². The molecular weight excluding hydrogens is 436 g/mol. The number of nitrogens with zero attached hydrogens (tertiary/aromatic N) is 2. The van der Waals surface area contributed by atoms with Gasteiger partial charge in [0.1, 0.15) is 0 Å². The normalized spacial score (nSPS) is 24.1. The number of hydrogen-bond acceptors (Lipinski definition) is 6. The summed E-state index contributed by atoms with van der Waals surface area (Å²) in [5.74, 6) is -0.0827. The number of aryl methyl sites for hydroxylation is 2. The van der Waals surface area contributed by atoms with Crippen LogP contribution in [0.2, 0.25) is 0 Å². The Bertz CT molecular complexity index is 1090. The highest BCUT2D eigenvalue weighted by Gasteiger charge is 2.39. The minimum absolute atomic E-state index is 0.00654. The zero-order valence-corrected chi connectivity index (χ0v) is 19.4. The number of rotatable bonds is 5. The largest absolute Gasteiger partial charge is 0.270 e. The molecule has 2 fully saturated rings. The minimum atomic E-state index is -3.92. The van der Waals surface area contributed by atoms with Crippen LogP contribution in [-0.4, -0.2) is 65.9 Å². The van der Waals surface area contributed by atoms with Gasteiger partial charge in [0.15, 0.2) is 9.84 Å². The van der Waals surface area contributed by atoms with Crippen molar-refractivity contribution in [3.05, 3.63) is 23.3 Å². The van der Waals surface area contributed by atoms with E-state index in [0.717, 1.165) is 6.42 Å². The molecule has 2 saturated heterocycles. The molecule has 0 amide bonds. The second-order valence-corrected chi connectivity index (χ2v) is 13.8. The van der Waals surface area contributed by atoms with E-state index in [1.165, 1.54) is 8.61 Å². The molecule has 3 rings (SSSR count). The summed E-state index contributed by atoms with van der Waals surface area (Å²) in [6, 6.07) is 2.63. The van der Waals surface area contributed by atoms with Gasteiger partial charge in [-0.05, 0) is 56.4 Å². The van der Waals surface area contributed by atoms with Crippen molar-refractivity contribution in [2.24, 2.45) is 0 Å². The molecule has 0 aromatic heterocycles. The third kappa shape index (κ3) is 4.33. The first-order valence-electron chi connectivity index (χ1n) is 9.73. The maximum absolute atomic E-state index is 13.4. The number of benzene rings is 1. The zero-order chi connectivity index (χ0) is 21.6. The molecule has 164 valence electrons. The van der Waals surface area contributed by atoms with Crippen molar-refractivity contribution >= 4 is 35.6 Å². The van der Waals surface area contributed by atoms with Gasteiger partial charge in [-0.15, -0.1) is 0 Å². The fourth-order valence-corrected chi connectivity index (χ4v) is 9.83. The molecular formula is C18H28N2O6S3. The van der Waals surface area contributed by atoms with Gasteiger partial charge in [-0.2, -0.15) is 4.31 Å². The Labute approximate surface area is 173 Å². The van der Waals surface area contributed by atoms with Crippen LogP contribution < -0.4 is 4.31 Å². The Hall–Kier alpha value is -1.17. The van der Waals surface area contributed by atoms with Crippen LogP contribution in [0.15, 0.2) is 17.0 Å². The van der Waals surface area contributed by atoms with Crippen molar-refractivity contribution in [1.82, 2.24) is 4.31 Å². The highest BCUT2D eigenvalue weighted by Crippen LogP contribution is 2.33. The van der Waals surface area contributed by atoms with E-state index in [9.17, 15) is 25.3 Å². The van der Waals surface area contributed by atoms with Crippen molar-refractivity contribution in [2.45, 2.75) is 51.0 Å². The van der Waals surface area contributed by atoms with Gasteiger partial charge in [-0.25, -0.2) is 25.3 Å². The molecule has 0 bridgehead atoms. The van der Waals surface area contributed by atoms with Gasteiger partial charge >= 0.3 is 0 Å². The minimum Gasteiger partial charge on any atom is -0.270 e. The molecule has 0 radical (unpaired) electrons. The average Bonchev–Trinajstić information content (AvgIpc) is 2.93. The lowest BCUT2D eigenvalue weighted by Gasteiger charge is -2.31. The van der Waals surface area contributed by atoms with Crippen molar-refractivity contribution in [2.75, 3.05) is 34.7 Å². The lowest BCUT2D eigenvalue weighted by atomic mass is 10.1. The van der Waals surface area contributed by atoms with Gasteiger partial charge in [-0.1, -0.05) is 6.92 Å². The Balaban J connectivity index is 2.02. The quantitative estimate of drug-likeness (QED) is 0.652. The predicted molar refractivity (Wildman–Crippen MR) is 113 cm³/mol. The van der Waals surface area contributed by atoms with Gasteiger partial charge < -0.3 is 0 Å². The number of hydrogen-bond donors (Lipinski definition) is 0. The summed E-state index contributed by atoms with van der Waals surface area (Å²) in [5, 5.41) is 0. The Morgan fingerprint density at radius 1 is 1.07 bits per heavy atom. The summed E-state index contributed by atoms with van der Waals surface area (Å²) in [7, 11) is -10.5.